The molecule has 0 radical (unpaired) electrons. The third-order valence-electron chi connectivity index (χ3n) is 4.64. The minimum atomic E-state index is -0.329. The zero-order valence-electron chi connectivity index (χ0n) is 15.7. The number of nitrogens with one attached hydrogen (secondary N) is 1. The van der Waals surface area contributed by atoms with Crippen molar-refractivity contribution in [3.63, 3.8) is 0 Å². The maximum atomic E-state index is 12.5. The molecule has 1 aliphatic rings. The molecular weight excluding hydrogens is 358 g/mol. The van der Waals surface area contributed by atoms with Gasteiger partial charge in [0.2, 0.25) is 0 Å². The Balaban J connectivity index is 1.77. The second-order valence-electron chi connectivity index (χ2n) is 6.53. The van der Waals surface area contributed by atoms with Gasteiger partial charge in [0.25, 0.3) is 17.7 Å². The maximum absolute atomic E-state index is 12.5. The number of hydrogen-bond donors (Lipinski definition) is 2. The van der Waals surface area contributed by atoms with E-state index >= 15 is 0 Å². The van der Waals surface area contributed by atoms with Gasteiger partial charge < -0.3 is 15.8 Å². The fourth-order valence-electron chi connectivity index (χ4n) is 3.16. The number of amides is 3. The molecule has 146 valence electrons. The van der Waals surface area contributed by atoms with E-state index in [1.165, 1.54) is 12.0 Å². The quantitative estimate of drug-likeness (QED) is 0.538. The van der Waals surface area contributed by atoms with Crippen LogP contribution in [0.25, 0.3) is 0 Å². The van der Waals surface area contributed by atoms with Crippen LogP contribution in [0.3, 0.4) is 0 Å². The van der Waals surface area contributed by atoms with Crippen LogP contribution in [0.5, 0.6) is 5.75 Å². The fraction of sp³-hybridized carbons (Fsp3) is 0.286. The van der Waals surface area contributed by atoms with Gasteiger partial charge in [0.1, 0.15) is 5.75 Å². The van der Waals surface area contributed by atoms with E-state index < -0.39 is 0 Å². The Morgan fingerprint density at radius 1 is 1.07 bits per heavy atom. The first kappa shape index (κ1) is 19.6. The monoisotopic (exact) mass is 381 g/mol. The van der Waals surface area contributed by atoms with Crippen molar-refractivity contribution in [1.82, 2.24) is 10.2 Å². The zero-order chi connectivity index (χ0) is 20.1. The molecule has 0 saturated heterocycles. The topological polar surface area (TPSA) is 102 Å². The molecule has 0 unspecified atom stereocenters. The van der Waals surface area contributed by atoms with E-state index in [4.69, 9.17) is 10.5 Å². The van der Waals surface area contributed by atoms with Gasteiger partial charge in [-0.15, -0.1) is 0 Å². The lowest BCUT2D eigenvalue weighted by molar-refractivity contribution is 0.0642. The molecular formula is C21H23N3O4. The molecule has 0 aliphatic carbocycles. The van der Waals surface area contributed by atoms with Gasteiger partial charge in [0.05, 0.1) is 30.3 Å². The molecule has 7 heteroatoms. The number of hydrogen-bond acceptors (Lipinski definition) is 5. The van der Waals surface area contributed by atoms with Crippen molar-refractivity contribution < 1.29 is 19.1 Å². The largest absolute Gasteiger partial charge is 0.496 e. The van der Waals surface area contributed by atoms with Crippen molar-refractivity contribution in [2.45, 2.75) is 19.4 Å². The van der Waals surface area contributed by atoms with Crippen molar-refractivity contribution in [3.8, 4) is 5.75 Å². The average Bonchev–Trinajstić information content (AvgIpc) is 2.96. The second-order valence-corrected chi connectivity index (χ2v) is 6.53. The van der Waals surface area contributed by atoms with Crippen LogP contribution in [0.15, 0.2) is 42.5 Å². The Morgan fingerprint density at radius 2 is 1.75 bits per heavy atom. The van der Waals surface area contributed by atoms with E-state index in [-0.39, 0.29) is 24.3 Å². The van der Waals surface area contributed by atoms with Crippen LogP contribution >= 0.6 is 0 Å². The highest BCUT2D eigenvalue weighted by Crippen LogP contribution is 2.26. The van der Waals surface area contributed by atoms with Crippen LogP contribution < -0.4 is 15.8 Å². The number of imide groups is 1. The Hall–Kier alpha value is -3.19. The summed E-state index contributed by atoms with van der Waals surface area (Å²) in [4.78, 5) is 38.8. The number of nitrogens with zero attached hydrogens (tertiary/aromatic N) is 1. The predicted molar refractivity (Wildman–Crippen MR) is 104 cm³/mol. The second kappa shape index (κ2) is 8.67. The number of methoxy groups -OCH3 is 1. The Kier molecular flexibility index (Phi) is 6.06. The fourth-order valence-corrected chi connectivity index (χ4v) is 3.16. The van der Waals surface area contributed by atoms with Gasteiger partial charge in [-0.25, -0.2) is 0 Å². The number of carbonyl (C=O) groups is 3. The molecule has 1 heterocycles. The summed E-state index contributed by atoms with van der Waals surface area (Å²) in [5, 5.41) is 2.84. The summed E-state index contributed by atoms with van der Waals surface area (Å²) >= 11 is 0. The van der Waals surface area contributed by atoms with Crippen LogP contribution in [0.2, 0.25) is 0 Å². The molecule has 28 heavy (non-hydrogen) atoms. The standard InChI is InChI=1S/C21H23N3O4/c1-28-18-9-8-14(12-17(18)19(25)23-11-5-4-10-22)13-24-20(26)15-6-2-3-7-16(15)21(24)27/h2-3,6-9,12H,4-5,10-11,13,22H2,1H3,(H,23,25). The highest BCUT2D eigenvalue weighted by molar-refractivity contribution is 6.21. The Bertz CT molecular complexity index is 875. The first-order valence-corrected chi connectivity index (χ1v) is 9.17. The molecule has 2 aromatic carbocycles. The van der Waals surface area contributed by atoms with Crippen LogP contribution in [0.1, 0.15) is 49.5 Å². The van der Waals surface area contributed by atoms with Crippen molar-refractivity contribution in [2.75, 3.05) is 20.2 Å². The SMILES string of the molecule is COc1ccc(CN2C(=O)c3ccccc3C2=O)cc1C(=O)NCCCCN. The number of ether oxygens (including phenoxy) is 1. The molecule has 0 aromatic heterocycles. The smallest absolute Gasteiger partial charge is 0.261 e. The highest BCUT2D eigenvalue weighted by atomic mass is 16.5. The minimum Gasteiger partial charge on any atom is -0.496 e. The number of rotatable bonds is 8. The molecule has 0 atom stereocenters. The number of nitrogens with two attached hydrogens (primary N) is 1. The third-order valence-corrected chi connectivity index (χ3v) is 4.64. The molecule has 2 aromatic rings. The lowest BCUT2D eigenvalue weighted by atomic mass is 10.1. The first-order valence-electron chi connectivity index (χ1n) is 9.17. The molecule has 3 rings (SSSR count). The van der Waals surface area contributed by atoms with Crippen molar-refractivity contribution in [2.24, 2.45) is 5.73 Å². The number of benzene rings is 2. The molecule has 1 aliphatic heterocycles. The van der Waals surface area contributed by atoms with Gasteiger partial charge in [-0.1, -0.05) is 18.2 Å². The van der Waals surface area contributed by atoms with E-state index in [0.29, 0.717) is 41.1 Å². The van der Waals surface area contributed by atoms with Gasteiger partial charge in [-0.3, -0.25) is 19.3 Å². The van der Waals surface area contributed by atoms with Gasteiger partial charge in [-0.05, 0) is 49.2 Å². The van der Waals surface area contributed by atoms with Crippen molar-refractivity contribution in [1.29, 1.82) is 0 Å². The van der Waals surface area contributed by atoms with Gasteiger partial charge in [-0.2, -0.15) is 0 Å². The van der Waals surface area contributed by atoms with E-state index in [2.05, 4.69) is 5.32 Å². The average molecular weight is 381 g/mol. The van der Waals surface area contributed by atoms with Crippen LogP contribution in [-0.2, 0) is 6.54 Å². The number of unbranched alkanes of at least 4 members (excludes halogenated alkanes) is 1. The summed E-state index contributed by atoms with van der Waals surface area (Å²) in [7, 11) is 1.49. The van der Waals surface area contributed by atoms with Crippen molar-refractivity contribution in [3.05, 3.63) is 64.7 Å². The van der Waals surface area contributed by atoms with E-state index in [0.717, 1.165) is 12.8 Å². The normalized spacial score (nSPS) is 12.9. The molecule has 0 fully saturated rings. The molecule has 7 nitrogen and oxygen atoms in total. The van der Waals surface area contributed by atoms with Gasteiger partial charge in [0, 0.05) is 6.54 Å². The highest BCUT2D eigenvalue weighted by Gasteiger charge is 2.35. The van der Waals surface area contributed by atoms with E-state index in [1.807, 2.05) is 0 Å². The van der Waals surface area contributed by atoms with Gasteiger partial charge >= 0.3 is 0 Å². The van der Waals surface area contributed by atoms with Gasteiger partial charge in [0.15, 0.2) is 0 Å². The summed E-state index contributed by atoms with van der Waals surface area (Å²) in [5.74, 6) is -0.492. The van der Waals surface area contributed by atoms with Crippen LogP contribution in [0.4, 0.5) is 0 Å². The molecule has 3 N–H and O–H groups in total. The maximum Gasteiger partial charge on any atom is 0.261 e. The lowest BCUT2D eigenvalue weighted by Gasteiger charge is -2.16. The summed E-state index contributed by atoms with van der Waals surface area (Å²) < 4.78 is 5.28. The summed E-state index contributed by atoms with van der Waals surface area (Å²) in [6.45, 7) is 1.18. The molecule has 0 saturated carbocycles. The third kappa shape index (κ3) is 3.89. The molecule has 0 spiro atoms. The van der Waals surface area contributed by atoms with E-state index in [9.17, 15) is 14.4 Å². The summed E-state index contributed by atoms with van der Waals surface area (Å²) in [6.07, 6.45) is 1.62. The first-order chi connectivity index (χ1) is 13.6. The predicted octanol–water partition coefficient (Wildman–Crippen LogP) is 1.96. The van der Waals surface area contributed by atoms with Crippen LogP contribution in [0, 0.1) is 0 Å². The van der Waals surface area contributed by atoms with E-state index in [1.54, 1.807) is 42.5 Å². The Morgan fingerprint density at radius 3 is 2.36 bits per heavy atom. The van der Waals surface area contributed by atoms with Crippen LogP contribution in [-0.4, -0.2) is 42.8 Å². The molecule has 3 amide bonds. The summed E-state index contributed by atoms with van der Waals surface area (Å²) in [5.41, 5.74) is 7.30. The lowest BCUT2D eigenvalue weighted by Crippen LogP contribution is -2.29. The minimum absolute atomic E-state index is 0.0871. The summed E-state index contributed by atoms with van der Waals surface area (Å²) in [6, 6.07) is 11.8. The van der Waals surface area contributed by atoms with Crippen molar-refractivity contribution >= 4 is 17.7 Å². The zero-order valence-corrected chi connectivity index (χ0v) is 15.7. The number of fused-ring (bicyclic) bond motifs is 1. The number of carbonyl (C=O) groups excluding carboxylic acids is 3. The Labute approximate surface area is 163 Å². The molecule has 0 bridgehead atoms.